The van der Waals surface area contributed by atoms with Gasteiger partial charge in [-0.15, -0.1) is 22.7 Å². The first-order valence-corrected chi connectivity index (χ1v) is 8.93. The Balaban J connectivity index is 1.87. The minimum Gasteiger partial charge on any atom is -0.271 e. The number of aryl methyl sites for hydroxylation is 2. The summed E-state index contributed by atoms with van der Waals surface area (Å²) >= 11 is 3.60. The molecule has 0 bridgehead atoms. The maximum absolute atomic E-state index is 5.80. The second-order valence-corrected chi connectivity index (χ2v) is 7.08. The van der Waals surface area contributed by atoms with Crippen LogP contribution in [0.4, 0.5) is 0 Å². The number of hydrazine groups is 1. The van der Waals surface area contributed by atoms with E-state index in [1.807, 2.05) is 11.3 Å². The van der Waals surface area contributed by atoms with E-state index in [2.05, 4.69) is 52.6 Å². The Kier molecular flexibility index (Phi) is 4.40. The quantitative estimate of drug-likeness (QED) is 0.540. The minimum absolute atomic E-state index is 0.140. The number of rotatable bonds is 6. The number of nitrogens with two attached hydrogens (primary N) is 1. The van der Waals surface area contributed by atoms with Gasteiger partial charge in [-0.05, 0) is 36.9 Å². The Morgan fingerprint density at radius 1 is 1.33 bits per heavy atom. The predicted molar refractivity (Wildman–Crippen MR) is 90.7 cm³/mol. The predicted octanol–water partition coefficient (Wildman–Crippen LogP) is 3.49. The molecule has 1 unspecified atom stereocenters. The second kappa shape index (κ2) is 6.27. The second-order valence-electron chi connectivity index (χ2n) is 5.02. The highest BCUT2D eigenvalue weighted by Crippen LogP contribution is 2.34. The van der Waals surface area contributed by atoms with Crippen molar-refractivity contribution in [2.45, 2.75) is 39.3 Å². The Labute approximate surface area is 132 Å². The van der Waals surface area contributed by atoms with E-state index in [1.165, 1.54) is 20.0 Å². The first kappa shape index (κ1) is 14.7. The molecule has 112 valence electrons. The molecule has 21 heavy (non-hydrogen) atoms. The summed E-state index contributed by atoms with van der Waals surface area (Å²) in [7, 11) is 0. The molecule has 0 aliphatic heterocycles. The van der Waals surface area contributed by atoms with Crippen LogP contribution in [0.15, 0.2) is 23.6 Å². The fourth-order valence-electron chi connectivity index (χ4n) is 2.53. The molecule has 3 heterocycles. The standard InChI is InChI=1S/C15H20N4S2/c1-3-10-7-11(19(4-2)18-10)8-12(17-16)14-9-15-13(21-14)5-6-20-15/h5-7,9,12,17H,3-4,8,16H2,1-2H3. The van der Waals surface area contributed by atoms with Crippen molar-refractivity contribution in [2.24, 2.45) is 5.84 Å². The Morgan fingerprint density at radius 3 is 2.86 bits per heavy atom. The molecule has 0 aromatic carbocycles. The first-order chi connectivity index (χ1) is 10.2. The topological polar surface area (TPSA) is 55.9 Å². The third-order valence-corrected chi connectivity index (χ3v) is 5.90. The minimum atomic E-state index is 0.140. The van der Waals surface area contributed by atoms with Gasteiger partial charge in [0.05, 0.1) is 11.7 Å². The molecule has 0 aliphatic rings. The van der Waals surface area contributed by atoms with Crippen LogP contribution in [-0.4, -0.2) is 9.78 Å². The zero-order chi connectivity index (χ0) is 14.8. The number of hydrogen-bond donors (Lipinski definition) is 2. The molecule has 3 N–H and O–H groups in total. The van der Waals surface area contributed by atoms with Crippen LogP contribution >= 0.6 is 22.7 Å². The van der Waals surface area contributed by atoms with E-state index >= 15 is 0 Å². The molecule has 3 rings (SSSR count). The van der Waals surface area contributed by atoms with Gasteiger partial charge in [-0.3, -0.25) is 16.0 Å². The highest BCUT2D eigenvalue weighted by Gasteiger charge is 2.17. The summed E-state index contributed by atoms with van der Waals surface area (Å²) in [6.45, 7) is 5.16. The molecule has 0 saturated heterocycles. The molecule has 0 saturated carbocycles. The summed E-state index contributed by atoms with van der Waals surface area (Å²) in [5.74, 6) is 5.80. The van der Waals surface area contributed by atoms with Gasteiger partial charge < -0.3 is 0 Å². The number of fused-ring (bicyclic) bond motifs is 1. The first-order valence-electron chi connectivity index (χ1n) is 7.23. The monoisotopic (exact) mass is 320 g/mol. The lowest BCUT2D eigenvalue weighted by Gasteiger charge is -2.14. The number of hydrogen-bond acceptors (Lipinski definition) is 5. The molecular formula is C15H20N4S2. The maximum Gasteiger partial charge on any atom is 0.0624 e. The van der Waals surface area contributed by atoms with Gasteiger partial charge in [-0.2, -0.15) is 5.10 Å². The van der Waals surface area contributed by atoms with Crippen LogP contribution in [-0.2, 0) is 19.4 Å². The van der Waals surface area contributed by atoms with Crippen LogP contribution < -0.4 is 11.3 Å². The fourth-order valence-corrected chi connectivity index (χ4v) is 4.71. The Hall–Kier alpha value is -1.21. The summed E-state index contributed by atoms with van der Waals surface area (Å²) in [5.41, 5.74) is 5.36. The normalized spacial score (nSPS) is 13.1. The molecule has 0 fully saturated rings. The Bertz CT molecular complexity index is 697. The number of aromatic nitrogens is 2. The van der Waals surface area contributed by atoms with Crippen LogP contribution in [0.3, 0.4) is 0 Å². The van der Waals surface area contributed by atoms with E-state index < -0.39 is 0 Å². The third kappa shape index (κ3) is 2.89. The highest BCUT2D eigenvalue weighted by molar-refractivity contribution is 7.26. The van der Waals surface area contributed by atoms with E-state index in [-0.39, 0.29) is 6.04 Å². The van der Waals surface area contributed by atoms with Crippen LogP contribution in [0.1, 0.15) is 36.2 Å². The van der Waals surface area contributed by atoms with Crippen molar-refractivity contribution in [3.63, 3.8) is 0 Å². The SMILES string of the molecule is CCc1cc(CC(NN)c2cc3sccc3s2)n(CC)n1. The van der Waals surface area contributed by atoms with Gasteiger partial charge in [0.25, 0.3) is 0 Å². The lowest BCUT2D eigenvalue weighted by atomic mass is 10.1. The molecule has 0 spiro atoms. The van der Waals surface area contributed by atoms with Gasteiger partial charge in [-0.25, -0.2) is 0 Å². The largest absolute Gasteiger partial charge is 0.271 e. The van der Waals surface area contributed by atoms with Gasteiger partial charge >= 0.3 is 0 Å². The molecule has 4 nitrogen and oxygen atoms in total. The van der Waals surface area contributed by atoms with Crippen molar-refractivity contribution in [1.82, 2.24) is 15.2 Å². The van der Waals surface area contributed by atoms with Crippen LogP contribution in [0.25, 0.3) is 9.40 Å². The number of nitrogens with one attached hydrogen (secondary N) is 1. The number of thiophene rings is 2. The summed E-state index contributed by atoms with van der Waals surface area (Å²) in [6.07, 6.45) is 1.83. The van der Waals surface area contributed by atoms with Crippen molar-refractivity contribution in [1.29, 1.82) is 0 Å². The summed E-state index contributed by atoms with van der Waals surface area (Å²) in [6, 6.07) is 6.76. The zero-order valence-corrected chi connectivity index (χ0v) is 13.9. The molecule has 0 amide bonds. The molecule has 0 aliphatic carbocycles. The Morgan fingerprint density at radius 2 is 2.19 bits per heavy atom. The van der Waals surface area contributed by atoms with Crippen molar-refractivity contribution in [3.05, 3.63) is 39.8 Å². The zero-order valence-electron chi connectivity index (χ0n) is 12.3. The molecule has 1 atom stereocenters. The molecule has 6 heteroatoms. The van der Waals surface area contributed by atoms with Crippen LogP contribution in [0.5, 0.6) is 0 Å². The van der Waals surface area contributed by atoms with Gasteiger partial charge in [0.2, 0.25) is 0 Å². The van der Waals surface area contributed by atoms with Crippen molar-refractivity contribution >= 4 is 32.1 Å². The summed E-state index contributed by atoms with van der Waals surface area (Å²) in [5, 5.41) is 6.75. The van der Waals surface area contributed by atoms with E-state index in [4.69, 9.17) is 5.84 Å². The average Bonchev–Trinajstić information content (AvgIpc) is 3.17. The van der Waals surface area contributed by atoms with E-state index in [0.29, 0.717) is 0 Å². The average molecular weight is 320 g/mol. The smallest absolute Gasteiger partial charge is 0.0624 e. The van der Waals surface area contributed by atoms with Crippen LogP contribution in [0.2, 0.25) is 0 Å². The molecular weight excluding hydrogens is 300 g/mol. The maximum atomic E-state index is 5.80. The van der Waals surface area contributed by atoms with E-state index in [1.54, 1.807) is 11.3 Å². The highest BCUT2D eigenvalue weighted by atomic mass is 32.1. The summed E-state index contributed by atoms with van der Waals surface area (Å²) in [4.78, 5) is 1.29. The summed E-state index contributed by atoms with van der Waals surface area (Å²) < 4.78 is 4.76. The van der Waals surface area contributed by atoms with Gasteiger partial charge in [-0.1, -0.05) is 6.92 Å². The third-order valence-electron chi connectivity index (χ3n) is 3.69. The number of nitrogens with zero attached hydrogens (tertiary/aromatic N) is 2. The van der Waals surface area contributed by atoms with Crippen molar-refractivity contribution < 1.29 is 0 Å². The van der Waals surface area contributed by atoms with Crippen molar-refractivity contribution in [2.75, 3.05) is 0 Å². The molecule has 3 aromatic heterocycles. The fraction of sp³-hybridized carbons (Fsp3) is 0.400. The van der Waals surface area contributed by atoms with Crippen LogP contribution in [0, 0.1) is 0 Å². The van der Waals surface area contributed by atoms with Crippen molar-refractivity contribution in [3.8, 4) is 0 Å². The molecule has 3 aromatic rings. The lowest BCUT2D eigenvalue weighted by Crippen LogP contribution is -2.29. The van der Waals surface area contributed by atoms with Gasteiger partial charge in [0.15, 0.2) is 0 Å². The van der Waals surface area contributed by atoms with Gasteiger partial charge in [0, 0.05) is 32.9 Å². The lowest BCUT2D eigenvalue weighted by molar-refractivity contribution is 0.523. The van der Waals surface area contributed by atoms with E-state index in [0.717, 1.165) is 25.1 Å². The molecule has 0 radical (unpaired) electrons. The van der Waals surface area contributed by atoms with E-state index in [9.17, 15) is 0 Å². The van der Waals surface area contributed by atoms with Gasteiger partial charge in [0.1, 0.15) is 0 Å².